The summed E-state index contributed by atoms with van der Waals surface area (Å²) in [6, 6.07) is -0.0221. The fourth-order valence-corrected chi connectivity index (χ4v) is 3.38. The van der Waals surface area contributed by atoms with E-state index in [2.05, 4.69) is 10.6 Å². The van der Waals surface area contributed by atoms with Crippen molar-refractivity contribution < 1.29 is 14.7 Å². The minimum atomic E-state index is -0.652. The van der Waals surface area contributed by atoms with Crippen molar-refractivity contribution in [1.82, 2.24) is 10.6 Å². The van der Waals surface area contributed by atoms with E-state index in [9.17, 15) is 14.7 Å². The van der Waals surface area contributed by atoms with E-state index in [1.165, 1.54) is 0 Å². The Labute approximate surface area is 101 Å². The van der Waals surface area contributed by atoms with Gasteiger partial charge >= 0.3 is 12.0 Å². The van der Waals surface area contributed by atoms with Crippen molar-refractivity contribution in [2.75, 3.05) is 7.05 Å². The van der Waals surface area contributed by atoms with Gasteiger partial charge in [-0.05, 0) is 38.0 Å². The number of hydrogen-bond acceptors (Lipinski definition) is 2. The van der Waals surface area contributed by atoms with Gasteiger partial charge in [-0.2, -0.15) is 0 Å². The summed E-state index contributed by atoms with van der Waals surface area (Å²) in [6.07, 6.45) is 4.98. The summed E-state index contributed by atoms with van der Waals surface area (Å²) in [5.74, 6) is -0.327. The SMILES string of the molecule is CNC(=O)NC1CCC2(C(=O)O)CCCC1C2. The molecule has 5 heteroatoms. The van der Waals surface area contributed by atoms with Crippen molar-refractivity contribution in [3.63, 3.8) is 0 Å². The number of fused-ring (bicyclic) bond motifs is 2. The van der Waals surface area contributed by atoms with Crippen LogP contribution in [0, 0.1) is 11.3 Å². The summed E-state index contributed by atoms with van der Waals surface area (Å²) in [6.45, 7) is 0. The van der Waals surface area contributed by atoms with Crippen LogP contribution in [0.5, 0.6) is 0 Å². The predicted molar refractivity (Wildman–Crippen MR) is 62.6 cm³/mol. The highest BCUT2D eigenvalue weighted by Crippen LogP contribution is 2.49. The standard InChI is InChI=1S/C12H20N2O3/c1-13-11(17)14-9-4-6-12(10(15)16)5-2-3-8(9)7-12/h8-9H,2-7H2,1H3,(H,15,16)(H2,13,14,17). The Hall–Kier alpha value is -1.26. The topological polar surface area (TPSA) is 78.4 Å². The number of hydrogen-bond donors (Lipinski definition) is 3. The Morgan fingerprint density at radius 1 is 1.29 bits per heavy atom. The van der Waals surface area contributed by atoms with Crippen molar-refractivity contribution in [1.29, 1.82) is 0 Å². The van der Waals surface area contributed by atoms with E-state index in [4.69, 9.17) is 0 Å². The van der Waals surface area contributed by atoms with Crippen LogP contribution in [0.4, 0.5) is 4.79 Å². The molecular formula is C12H20N2O3. The summed E-state index contributed by atoms with van der Waals surface area (Å²) < 4.78 is 0. The van der Waals surface area contributed by atoms with Gasteiger partial charge in [0, 0.05) is 13.1 Å². The largest absolute Gasteiger partial charge is 0.481 e. The third-order valence-corrected chi connectivity index (χ3v) is 4.38. The second-order valence-corrected chi connectivity index (χ2v) is 5.31. The lowest BCUT2D eigenvalue weighted by atomic mass is 9.60. The van der Waals surface area contributed by atoms with Crippen LogP contribution >= 0.6 is 0 Å². The number of carboxylic acid groups (broad SMARTS) is 1. The van der Waals surface area contributed by atoms with Crippen LogP contribution in [0.3, 0.4) is 0 Å². The number of urea groups is 1. The minimum Gasteiger partial charge on any atom is -0.481 e. The zero-order chi connectivity index (χ0) is 12.5. The van der Waals surface area contributed by atoms with Crippen LogP contribution in [0.2, 0.25) is 0 Å². The second kappa shape index (κ2) is 4.55. The van der Waals surface area contributed by atoms with Gasteiger partial charge in [0.05, 0.1) is 5.41 Å². The number of carbonyl (C=O) groups is 2. The maximum atomic E-state index is 11.4. The molecule has 2 saturated carbocycles. The normalized spacial score (nSPS) is 36.1. The second-order valence-electron chi connectivity index (χ2n) is 5.31. The maximum absolute atomic E-state index is 11.4. The zero-order valence-corrected chi connectivity index (χ0v) is 10.2. The maximum Gasteiger partial charge on any atom is 0.314 e. The summed E-state index contributed by atoms with van der Waals surface area (Å²) in [5, 5.41) is 14.8. The van der Waals surface area contributed by atoms with Crippen LogP contribution < -0.4 is 10.6 Å². The Morgan fingerprint density at radius 2 is 2.06 bits per heavy atom. The van der Waals surface area contributed by atoms with Gasteiger partial charge in [-0.1, -0.05) is 6.42 Å². The molecule has 0 spiro atoms. The summed E-state index contributed by atoms with van der Waals surface area (Å²) >= 11 is 0. The molecule has 2 fully saturated rings. The van der Waals surface area contributed by atoms with E-state index in [1.54, 1.807) is 7.05 Å². The van der Waals surface area contributed by atoms with Crippen LogP contribution in [0.1, 0.15) is 38.5 Å². The molecule has 2 rings (SSSR count). The Morgan fingerprint density at radius 3 is 2.71 bits per heavy atom. The highest BCUT2D eigenvalue weighted by atomic mass is 16.4. The molecule has 3 atom stereocenters. The van der Waals surface area contributed by atoms with Gasteiger partial charge in [0.1, 0.15) is 0 Å². The van der Waals surface area contributed by atoms with Crippen LogP contribution in [0.15, 0.2) is 0 Å². The lowest BCUT2D eigenvalue weighted by molar-refractivity contribution is -0.155. The Kier molecular flexibility index (Phi) is 3.26. The first-order chi connectivity index (χ1) is 8.07. The van der Waals surface area contributed by atoms with Gasteiger partial charge < -0.3 is 15.7 Å². The first kappa shape index (κ1) is 12.2. The molecule has 2 bridgehead atoms. The third-order valence-electron chi connectivity index (χ3n) is 4.38. The number of carbonyl (C=O) groups excluding carboxylic acids is 1. The Balaban J connectivity index is 2.04. The summed E-state index contributed by atoms with van der Waals surface area (Å²) in [7, 11) is 1.60. The molecule has 2 aliphatic rings. The minimum absolute atomic E-state index is 0.141. The fraction of sp³-hybridized carbons (Fsp3) is 0.833. The van der Waals surface area contributed by atoms with E-state index in [0.717, 1.165) is 32.1 Å². The number of carboxylic acids is 1. The molecule has 0 aromatic carbocycles. The molecule has 2 amide bonds. The van der Waals surface area contributed by atoms with E-state index in [1.807, 2.05) is 0 Å². The monoisotopic (exact) mass is 240 g/mol. The number of amides is 2. The van der Waals surface area contributed by atoms with Gasteiger partial charge in [-0.15, -0.1) is 0 Å². The number of nitrogens with one attached hydrogen (secondary N) is 2. The fourth-order valence-electron chi connectivity index (χ4n) is 3.38. The molecule has 17 heavy (non-hydrogen) atoms. The molecule has 0 aromatic heterocycles. The van der Waals surface area contributed by atoms with E-state index < -0.39 is 11.4 Å². The number of aliphatic carboxylic acids is 1. The highest BCUT2D eigenvalue weighted by Gasteiger charge is 2.48. The zero-order valence-electron chi connectivity index (χ0n) is 10.2. The van der Waals surface area contributed by atoms with Crippen molar-refractivity contribution in [3.05, 3.63) is 0 Å². The smallest absolute Gasteiger partial charge is 0.314 e. The Bertz CT molecular complexity index is 332. The van der Waals surface area contributed by atoms with Crippen LogP contribution in [-0.4, -0.2) is 30.2 Å². The molecule has 2 aliphatic carbocycles. The van der Waals surface area contributed by atoms with E-state index in [-0.39, 0.29) is 12.1 Å². The lowest BCUT2D eigenvalue weighted by Crippen LogP contribution is -2.52. The lowest BCUT2D eigenvalue weighted by Gasteiger charge is -2.46. The van der Waals surface area contributed by atoms with Gasteiger partial charge in [0.15, 0.2) is 0 Å². The molecule has 0 radical (unpaired) electrons. The number of rotatable bonds is 2. The molecule has 0 saturated heterocycles. The van der Waals surface area contributed by atoms with E-state index in [0.29, 0.717) is 12.3 Å². The average molecular weight is 240 g/mol. The predicted octanol–water partition coefficient (Wildman–Crippen LogP) is 1.34. The molecule has 0 aromatic rings. The summed E-state index contributed by atoms with van der Waals surface area (Å²) in [4.78, 5) is 22.7. The third kappa shape index (κ3) is 2.23. The van der Waals surface area contributed by atoms with Crippen molar-refractivity contribution in [3.8, 4) is 0 Å². The highest BCUT2D eigenvalue weighted by molar-refractivity contribution is 5.76. The van der Waals surface area contributed by atoms with Crippen LogP contribution in [0.25, 0.3) is 0 Å². The van der Waals surface area contributed by atoms with Gasteiger partial charge in [-0.25, -0.2) is 4.79 Å². The first-order valence-electron chi connectivity index (χ1n) is 6.29. The average Bonchev–Trinajstić information content (AvgIpc) is 2.33. The van der Waals surface area contributed by atoms with Crippen molar-refractivity contribution in [2.45, 2.75) is 44.6 Å². The first-order valence-corrected chi connectivity index (χ1v) is 6.29. The quantitative estimate of drug-likeness (QED) is 0.681. The van der Waals surface area contributed by atoms with Crippen LogP contribution in [-0.2, 0) is 4.79 Å². The van der Waals surface area contributed by atoms with Crippen molar-refractivity contribution in [2.24, 2.45) is 11.3 Å². The summed E-state index contributed by atoms with van der Waals surface area (Å²) in [5.41, 5.74) is -0.510. The molecule has 0 aliphatic heterocycles. The van der Waals surface area contributed by atoms with Gasteiger partial charge in [0.2, 0.25) is 0 Å². The molecule has 0 heterocycles. The molecule has 3 N–H and O–H groups in total. The van der Waals surface area contributed by atoms with E-state index >= 15 is 0 Å². The molecule has 5 nitrogen and oxygen atoms in total. The van der Waals surface area contributed by atoms with Crippen molar-refractivity contribution >= 4 is 12.0 Å². The molecule has 96 valence electrons. The molecule has 3 unspecified atom stereocenters. The van der Waals surface area contributed by atoms with Gasteiger partial charge in [0.25, 0.3) is 0 Å². The van der Waals surface area contributed by atoms with Gasteiger partial charge in [-0.3, -0.25) is 4.79 Å². The molecular weight excluding hydrogens is 220 g/mol.